The molecule has 3 N–H and O–H groups in total. The van der Waals surface area contributed by atoms with Crippen LogP contribution in [-0.4, -0.2) is 49.3 Å². The first-order valence-electron chi connectivity index (χ1n) is 28.5. The SMILES string of the molecule is CCCCCCCCCCCCCCCC/C=C/CC/C=C/CCCC(=O)O[C@H](COC(=O)CCC/C=C/CCCCCCCCCCCCCCCCCCCC)COP(=O)(O)OCCN. The molecule has 394 valence electrons. The molecule has 0 amide bonds. The molecule has 0 aromatic carbocycles. The quantitative estimate of drug-likeness (QED) is 0.0264. The van der Waals surface area contributed by atoms with E-state index in [-0.39, 0.29) is 32.6 Å². The van der Waals surface area contributed by atoms with E-state index in [2.05, 4.69) is 50.3 Å². The number of rotatable bonds is 54. The molecule has 0 rings (SSSR count). The van der Waals surface area contributed by atoms with Crippen LogP contribution in [-0.2, 0) is 32.7 Å². The van der Waals surface area contributed by atoms with Gasteiger partial charge >= 0.3 is 19.8 Å². The van der Waals surface area contributed by atoms with Gasteiger partial charge in [0.2, 0.25) is 0 Å². The summed E-state index contributed by atoms with van der Waals surface area (Å²) in [5, 5.41) is 0. The Morgan fingerprint density at radius 2 is 0.746 bits per heavy atom. The first kappa shape index (κ1) is 65.2. The summed E-state index contributed by atoms with van der Waals surface area (Å²) in [6.07, 6.45) is 63.7. The Balaban J connectivity index is 4.04. The summed E-state index contributed by atoms with van der Waals surface area (Å²) in [5.74, 6) is -0.903. The van der Waals surface area contributed by atoms with Gasteiger partial charge in [0.15, 0.2) is 6.10 Å². The van der Waals surface area contributed by atoms with E-state index < -0.39 is 32.5 Å². The summed E-state index contributed by atoms with van der Waals surface area (Å²) in [5.41, 5.74) is 5.37. The number of hydrogen-bond acceptors (Lipinski definition) is 8. The van der Waals surface area contributed by atoms with Crippen LogP contribution in [0.3, 0.4) is 0 Å². The summed E-state index contributed by atoms with van der Waals surface area (Å²) in [4.78, 5) is 35.1. The fourth-order valence-electron chi connectivity index (χ4n) is 8.25. The van der Waals surface area contributed by atoms with Crippen molar-refractivity contribution >= 4 is 19.8 Å². The number of esters is 2. The lowest BCUT2D eigenvalue weighted by Crippen LogP contribution is -2.29. The standard InChI is InChI=1S/C57H108NO8P/c1-3-5-7-9-11-13-15-17-19-21-23-25-27-29-31-33-35-37-39-41-43-45-47-49-56(59)63-53-55(54-65-67(61,62)64-52-51-58)66-57(60)50-48-46-44-42-40-38-36-34-32-30-28-26-24-22-20-18-16-14-12-10-8-6-4-2/h34,36,41-44,55H,3-33,35,37-40,45-54,58H2,1-2H3,(H,61,62)/b36-34+,43-41+,44-42+/t55-/m1/s1. The van der Waals surface area contributed by atoms with Gasteiger partial charge in [0.05, 0.1) is 13.2 Å². The van der Waals surface area contributed by atoms with Gasteiger partial charge in [-0.05, 0) is 64.2 Å². The van der Waals surface area contributed by atoms with Crippen molar-refractivity contribution in [1.29, 1.82) is 0 Å². The zero-order chi connectivity index (χ0) is 48.8. The lowest BCUT2D eigenvalue weighted by molar-refractivity contribution is -0.161. The third-order valence-corrected chi connectivity index (χ3v) is 13.5. The van der Waals surface area contributed by atoms with Gasteiger partial charge in [-0.1, -0.05) is 243 Å². The average Bonchev–Trinajstić information content (AvgIpc) is 3.32. The molecular formula is C57H108NO8P. The summed E-state index contributed by atoms with van der Waals surface area (Å²) in [7, 11) is -4.40. The molecule has 9 nitrogen and oxygen atoms in total. The van der Waals surface area contributed by atoms with Crippen molar-refractivity contribution in [2.75, 3.05) is 26.4 Å². The Bertz CT molecular complexity index is 1190. The minimum absolute atomic E-state index is 0.0451. The van der Waals surface area contributed by atoms with Gasteiger partial charge in [-0.25, -0.2) is 4.57 Å². The normalized spacial score (nSPS) is 13.3. The van der Waals surface area contributed by atoms with Crippen LogP contribution < -0.4 is 5.73 Å². The largest absolute Gasteiger partial charge is 0.472 e. The zero-order valence-corrected chi connectivity index (χ0v) is 44.8. The van der Waals surface area contributed by atoms with Crippen molar-refractivity contribution < 1.29 is 37.6 Å². The summed E-state index contributed by atoms with van der Waals surface area (Å²) >= 11 is 0. The highest BCUT2D eigenvalue weighted by molar-refractivity contribution is 7.47. The first-order chi connectivity index (χ1) is 32.8. The van der Waals surface area contributed by atoms with E-state index in [9.17, 15) is 19.0 Å². The average molecular weight is 966 g/mol. The van der Waals surface area contributed by atoms with Crippen LogP contribution in [0.1, 0.15) is 284 Å². The highest BCUT2D eigenvalue weighted by atomic mass is 31.2. The van der Waals surface area contributed by atoms with Gasteiger partial charge in [-0.15, -0.1) is 0 Å². The van der Waals surface area contributed by atoms with Crippen molar-refractivity contribution in [3.8, 4) is 0 Å². The molecule has 0 saturated heterocycles. The maximum Gasteiger partial charge on any atom is 0.472 e. The van der Waals surface area contributed by atoms with Crippen molar-refractivity contribution in [3.05, 3.63) is 36.5 Å². The zero-order valence-electron chi connectivity index (χ0n) is 43.9. The highest BCUT2D eigenvalue weighted by Gasteiger charge is 2.26. The van der Waals surface area contributed by atoms with E-state index >= 15 is 0 Å². The van der Waals surface area contributed by atoms with Crippen molar-refractivity contribution in [2.24, 2.45) is 5.73 Å². The van der Waals surface area contributed by atoms with Gasteiger partial charge in [0.25, 0.3) is 0 Å². The van der Waals surface area contributed by atoms with E-state index in [1.807, 2.05) is 0 Å². The van der Waals surface area contributed by atoms with Gasteiger partial charge in [0.1, 0.15) is 6.61 Å². The number of carbonyl (C=O) groups excluding carboxylic acids is 2. The minimum atomic E-state index is -4.40. The molecule has 0 spiro atoms. The van der Waals surface area contributed by atoms with E-state index in [1.54, 1.807) is 0 Å². The second-order valence-corrected chi connectivity index (χ2v) is 20.6. The summed E-state index contributed by atoms with van der Waals surface area (Å²) in [6, 6.07) is 0. The molecular weight excluding hydrogens is 858 g/mol. The number of carbonyl (C=O) groups is 2. The lowest BCUT2D eigenvalue weighted by Gasteiger charge is -2.19. The fraction of sp³-hybridized carbons (Fsp3) is 0.860. The van der Waals surface area contributed by atoms with Crippen LogP contribution in [0.25, 0.3) is 0 Å². The van der Waals surface area contributed by atoms with Crippen LogP contribution in [0.5, 0.6) is 0 Å². The van der Waals surface area contributed by atoms with Crippen molar-refractivity contribution in [1.82, 2.24) is 0 Å². The fourth-order valence-corrected chi connectivity index (χ4v) is 9.02. The topological polar surface area (TPSA) is 134 Å². The molecule has 0 aromatic heterocycles. The maximum atomic E-state index is 12.7. The van der Waals surface area contributed by atoms with E-state index in [1.165, 1.54) is 205 Å². The Kier molecular flexibility index (Phi) is 52.2. The van der Waals surface area contributed by atoms with Crippen molar-refractivity contribution in [3.63, 3.8) is 0 Å². The molecule has 10 heteroatoms. The molecule has 0 aliphatic rings. The third-order valence-electron chi connectivity index (χ3n) is 12.5. The number of unbranched alkanes of at least 4 members (excludes halogenated alkanes) is 35. The molecule has 0 aliphatic heterocycles. The second kappa shape index (κ2) is 53.6. The van der Waals surface area contributed by atoms with Gasteiger partial charge in [-0.3, -0.25) is 18.6 Å². The number of phosphoric acid groups is 1. The molecule has 0 bridgehead atoms. The Morgan fingerprint density at radius 3 is 1.10 bits per heavy atom. The first-order valence-corrected chi connectivity index (χ1v) is 30.0. The number of phosphoric ester groups is 1. The Morgan fingerprint density at radius 1 is 0.433 bits per heavy atom. The third kappa shape index (κ3) is 53.4. The second-order valence-electron chi connectivity index (χ2n) is 19.1. The molecule has 0 aromatic rings. The van der Waals surface area contributed by atoms with Crippen LogP contribution in [0.2, 0.25) is 0 Å². The van der Waals surface area contributed by atoms with Crippen molar-refractivity contribution in [2.45, 2.75) is 290 Å². The lowest BCUT2D eigenvalue weighted by atomic mass is 10.0. The molecule has 0 fully saturated rings. The maximum absolute atomic E-state index is 12.7. The predicted molar refractivity (Wildman–Crippen MR) is 284 cm³/mol. The number of ether oxygens (including phenoxy) is 2. The summed E-state index contributed by atoms with van der Waals surface area (Å²) in [6.45, 7) is 3.72. The van der Waals surface area contributed by atoms with E-state index in [0.717, 1.165) is 38.5 Å². The van der Waals surface area contributed by atoms with E-state index in [0.29, 0.717) is 12.8 Å². The van der Waals surface area contributed by atoms with E-state index in [4.69, 9.17) is 24.3 Å². The van der Waals surface area contributed by atoms with Crippen LogP contribution in [0.4, 0.5) is 0 Å². The number of hydrogen-bond donors (Lipinski definition) is 2. The molecule has 2 atom stereocenters. The van der Waals surface area contributed by atoms with Crippen LogP contribution >= 0.6 is 7.82 Å². The molecule has 0 saturated carbocycles. The molecule has 0 radical (unpaired) electrons. The molecule has 0 aliphatic carbocycles. The highest BCUT2D eigenvalue weighted by Crippen LogP contribution is 2.43. The molecule has 0 heterocycles. The number of nitrogens with two attached hydrogens (primary N) is 1. The van der Waals surface area contributed by atoms with Crippen LogP contribution in [0.15, 0.2) is 36.5 Å². The van der Waals surface area contributed by atoms with Gasteiger partial charge in [-0.2, -0.15) is 0 Å². The Hall–Kier alpha value is -1.77. The summed E-state index contributed by atoms with van der Waals surface area (Å²) < 4.78 is 32.9. The van der Waals surface area contributed by atoms with Crippen LogP contribution in [0, 0.1) is 0 Å². The number of allylic oxidation sites excluding steroid dienone is 6. The van der Waals surface area contributed by atoms with Gasteiger partial charge in [0, 0.05) is 19.4 Å². The molecule has 1 unspecified atom stereocenters. The minimum Gasteiger partial charge on any atom is -0.462 e. The molecule has 67 heavy (non-hydrogen) atoms. The Labute approximate surface area is 414 Å². The predicted octanol–water partition coefficient (Wildman–Crippen LogP) is 17.6. The monoisotopic (exact) mass is 966 g/mol. The van der Waals surface area contributed by atoms with Gasteiger partial charge < -0.3 is 20.1 Å². The smallest absolute Gasteiger partial charge is 0.462 e.